The molecule has 0 aliphatic carbocycles. The second-order valence-corrected chi connectivity index (χ2v) is 9.05. The summed E-state index contributed by atoms with van der Waals surface area (Å²) < 4.78 is 11.5. The molecule has 3 aromatic rings. The van der Waals surface area contributed by atoms with Crippen LogP contribution in [0, 0.1) is 13.8 Å². The number of nitrogens with zero attached hydrogens (tertiary/aromatic N) is 1. The number of halogens is 1. The summed E-state index contributed by atoms with van der Waals surface area (Å²) in [7, 11) is 0. The molecule has 9 heteroatoms. The van der Waals surface area contributed by atoms with E-state index in [9.17, 15) is 14.4 Å². The van der Waals surface area contributed by atoms with Crippen molar-refractivity contribution in [3.8, 4) is 17.1 Å². The fraction of sp³-hybridized carbons (Fsp3) is 0.160. The molecule has 0 saturated carbocycles. The number of thioether (sulfide) groups is 1. The Morgan fingerprint density at radius 2 is 1.94 bits per heavy atom. The molecule has 1 N–H and O–H groups in total. The number of carbonyl (C=O) groups is 3. The van der Waals surface area contributed by atoms with E-state index in [1.165, 1.54) is 18.2 Å². The van der Waals surface area contributed by atoms with Gasteiger partial charge in [0.05, 0.1) is 22.0 Å². The standard InChI is InChI=1S/C25H20ClNO6S/c1-14-3-4-15(2)21(11-14)32-10-9-27-23(28)22(34-25(27)31)13-17-6-8-20(33-17)16-5-7-18(24(29)30)19(26)12-16/h3-8,11-13H,9-10H2,1-2H3,(H,29,30)/b22-13-. The summed E-state index contributed by atoms with van der Waals surface area (Å²) >= 11 is 6.87. The van der Waals surface area contributed by atoms with Crippen LogP contribution in [0.2, 0.25) is 5.02 Å². The van der Waals surface area contributed by atoms with Gasteiger partial charge in [-0.3, -0.25) is 14.5 Å². The van der Waals surface area contributed by atoms with E-state index in [0.717, 1.165) is 33.5 Å². The lowest BCUT2D eigenvalue weighted by atomic mass is 10.1. The molecule has 1 aliphatic heterocycles. The Bertz CT molecular complexity index is 1330. The van der Waals surface area contributed by atoms with Crippen molar-refractivity contribution in [1.29, 1.82) is 0 Å². The Kier molecular flexibility index (Phi) is 6.81. The Labute approximate surface area is 205 Å². The molecule has 174 valence electrons. The molecule has 2 heterocycles. The van der Waals surface area contributed by atoms with E-state index in [1.54, 1.807) is 18.2 Å². The smallest absolute Gasteiger partial charge is 0.337 e. The second-order valence-electron chi connectivity index (χ2n) is 7.65. The van der Waals surface area contributed by atoms with Gasteiger partial charge in [-0.25, -0.2) is 4.79 Å². The van der Waals surface area contributed by atoms with Gasteiger partial charge in [0.2, 0.25) is 0 Å². The normalized spacial score (nSPS) is 14.8. The van der Waals surface area contributed by atoms with Crippen LogP contribution in [0.15, 0.2) is 57.9 Å². The van der Waals surface area contributed by atoms with Crippen LogP contribution in [0.1, 0.15) is 27.2 Å². The number of furan rings is 1. The average molecular weight is 498 g/mol. The van der Waals surface area contributed by atoms with Crippen LogP contribution in [0.4, 0.5) is 4.79 Å². The predicted molar refractivity (Wildman–Crippen MR) is 130 cm³/mol. The minimum atomic E-state index is -1.12. The topological polar surface area (TPSA) is 97.1 Å². The highest BCUT2D eigenvalue weighted by atomic mass is 35.5. The van der Waals surface area contributed by atoms with Crippen molar-refractivity contribution in [2.75, 3.05) is 13.2 Å². The second kappa shape index (κ2) is 9.79. The zero-order valence-electron chi connectivity index (χ0n) is 18.3. The summed E-state index contributed by atoms with van der Waals surface area (Å²) in [6, 6.07) is 13.7. The van der Waals surface area contributed by atoms with E-state index in [0.29, 0.717) is 17.1 Å². The molecule has 7 nitrogen and oxygen atoms in total. The maximum absolute atomic E-state index is 12.8. The first kappa shape index (κ1) is 23.7. The van der Waals surface area contributed by atoms with Crippen molar-refractivity contribution in [2.45, 2.75) is 13.8 Å². The highest BCUT2D eigenvalue weighted by Crippen LogP contribution is 2.34. The van der Waals surface area contributed by atoms with Crippen molar-refractivity contribution in [3.63, 3.8) is 0 Å². The van der Waals surface area contributed by atoms with E-state index in [4.69, 9.17) is 25.9 Å². The minimum Gasteiger partial charge on any atom is -0.491 e. The van der Waals surface area contributed by atoms with Crippen LogP contribution < -0.4 is 4.74 Å². The number of hydrogen-bond donors (Lipinski definition) is 1. The fourth-order valence-electron chi connectivity index (χ4n) is 3.36. The summed E-state index contributed by atoms with van der Waals surface area (Å²) in [5, 5.41) is 8.82. The third-order valence-corrected chi connectivity index (χ3v) is 6.39. The highest BCUT2D eigenvalue weighted by Gasteiger charge is 2.35. The van der Waals surface area contributed by atoms with Gasteiger partial charge in [-0.05, 0) is 67.1 Å². The molecule has 4 rings (SSSR count). The van der Waals surface area contributed by atoms with Crippen LogP contribution in [-0.4, -0.2) is 40.3 Å². The first-order valence-corrected chi connectivity index (χ1v) is 11.5. The van der Waals surface area contributed by atoms with Crippen molar-refractivity contribution >= 4 is 46.6 Å². The maximum Gasteiger partial charge on any atom is 0.337 e. The number of ether oxygens (including phenoxy) is 1. The van der Waals surface area contributed by atoms with Crippen molar-refractivity contribution < 1.29 is 28.6 Å². The largest absolute Gasteiger partial charge is 0.491 e. The molecular formula is C25H20ClNO6S. The van der Waals surface area contributed by atoms with Gasteiger partial charge in [-0.1, -0.05) is 29.8 Å². The molecule has 2 amide bonds. The Morgan fingerprint density at radius 3 is 2.68 bits per heavy atom. The van der Waals surface area contributed by atoms with E-state index in [-0.39, 0.29) is 33.9 Å². The van der Waals surface area contributed by atoms with Crippen LogP contribution in [0.3, 0.4) is 0 Å². The molecule has 1 fully saturated rings. The molecule has 0 atom stereocenters. The molecule has 1 aromatic heterocycles. The average Bonchev–Trinajstić information content (AvgIpc) is 3.36. The van der Waals surface area contributed by atoms with Gasteiger partial charge in [-0.2, -0.15) is 0 Å². The number of rotatable bonds is 7. The number of carboxylic acid groups (broad SMARTS) is 1. The molecule has 1 saturated heterocycles. The fourth-order valence-corrected chi connectivity index (χ4v) is 4.47. The molecule has 0 bridgehead atoms. The summed E-state index contributed by atoms with van der Waals surface area (Å²) in [5.41, 5.74) is 2.62. The van der Waals surface area contributed by atoms with Gasteiger partial charge < -0.3 is 14.3 Å². The van der Waals surface area contributed by atoms with Crippen LogP contribution in [0.25, 0.3) is 17.4 Å². The first-order valence-electron chi connectivity index (χ1n) is 10.3. The monoisotopic (exact) mass is 497 g/mol. The van der Waals surface area contributed by atoms with Crippen LogP contribution in [0.5, 0.6) is 5.75 Å². The van der Waals surface area contributed by atoms with Gasteiger partial charge >= 0.3 is 5.97 Å². The molecule has 2 aromatic carbocycles. The summed E-state index contributed by atoms with van der Waals surface area (Å²) in [6.07, 6.45) is 1.51. The Balaban J connectivity index is 1.43. The predicted octanol–water partition coefficient (Wildman–Crippen LogP) is 6.03. The maximum atomic E-state index is 12.8. The van der Waals surface area contributed by atoms with E-state index < -0.39 is 11.9 Å². The number of amides is 2. The minimum absolute atomic E-state index is 0.00703. The molecule has 34 heavy (non-hydrogen) atoms. The molecule has 0 unspecified atom stereocenters. The number of carbonyl (C=O) groups excluding carboxylic acids is 2. The number of carboxylic acids is 1. The van der Waals surface area contributed by atoms with Gasteiger partial charge in [0.15, 0.2) is 0 Å². The lowest BCUT2D eigenvalue weighted by Gasteiger charge is -2.14. The van der Waals surface area contributed by atoms with Crippen LogP contribution in [-0.2, 0) is 4.79 Å². The zero-order valence-corrected chi connectivity index (χ0v) is 19.9. The van der Waals surface area contributed by atoms with Gasteiger partial charge in [0, 0.05) is 11.6 Å². The molecular weight excluding hydrogens is 478 g/mol. The van der Waals surface area contributed by atoms with E-state index in [2.05, 4.69) is 0 Å². The molecule has 1 aliphatic rings. The summed E-state index contributed by atoms with van der Waals surface area (Å²) in [5.74, 6) is 0.0251. The van der Waals surface area contributed by atoms with E-state index in [1.807, 2.05) is 32.0 Å². The lowest BCUT2D eigenvalue weighted by molar-refractivity contribution is -0.123. The van der Waals surface area contributed by atoms with Gasteiger partial charge in [0.25, 0.3) is 11.1 Å². The quantitative estimate of drug-likeness (QED) is 0.398. The number of aryl methyl sites for hydroxylation is 2. The van der Waals surface area contributed by atoms with E-state index >= 15 is 0 Å². The van der Waals surface area contributed by atoms with Crippen molar-refractivity contribution in [2.24, 2.45) is 0 Å². The third-order valence-electron chi connectivity index (χ3n) is 5.17. The number of hydrogen-bond acceptors (Lipinski definition) is 6. The highest BCUT2D eigenvalue weighted by molar-refractivity contribution is 8.18. The van der Waals surface area contributed by atoms with Crippen LogP contribution >= 0.6 is 23.4 Å². The SMILES string of the molecule is Cc1ccc(C)c(OCCN2C(=O)S/C(=C\c3ccc(-c4ccc(C(=O)O)c(Cl)c4)o3)C2=O)c1. The number of imide groups is 1. The van der Waals surface area contributed by atoms with Crippen molar-refractivity contribution in [1.82, 2.24) is 4.90 Å². The Morgan fingerprint density at radius 1 is 1.15 bits per heavy atom. The summed E-state index contributed by atoms with van der Waals surface area (Å²) in [4.78, 5) is 37.7. The first-order chi connectivity index (χ1) is 16.2. The third kappa shape index (κ3) is 5.03. The number of benzene rings is 2. The lowest BCUT2D eigenvalue weighted by Crippen LogP contribution is -2.32. The van der Waals surface area contributed by atoms with Crippen molar-refractivity contribution in [3.05, 3.63) is 80.9 Å². The number of aromatic carboxylic acids is 1. The van der Waals surface area contributed by atoms with Gasteiger partial charge in [0.1, 0.15) is 23.9 Å². The molecule has 0 spiro atoms. The zero-order chi connectivity index (χ0) is 24.4. The Hall–Kier alpha value is -3.49. The summed E-state index contributed by atoms with van der Waals surface area (Å²) in [6.45, 7) is 4.22. The molecule has 0 radical (unpaired) electrons. The van der Waals surface area contributed by atoms with Gasteiger partial charge in [-0.15, -0.1) is 0 Å².